The van der Waals surface area contributed by atoms with Crippen LogP contribution in [0.25, 0.3) is 10.2 Å². The van der Waals surface area contributed by atoms with Gasteiger partial charge in [0, 0.05) is 24.4 Å². The van der Waals surface area contributed by atoms with Gasteiger partial charge in [-0.05, 0) is 68.7 Å². The number of benzene rings is 2. The molecule has 0 saturated heterocycles. The van der Waals surface area contributed by atoms with Crippen molar-refractivity contribution < 1.29 is 14.3 Å². The number of anilines is 1. The largest absolute Gasteiger partial charge is 0.497 e. The Hall–Kier alpha value is -2.00. The number of aromatic nitrogens is 1. The number of thiazole rings is 1. The zero-order valence-electron chi connectivity index (χ0n) is 18.9. The number of ether oxygens (including phenoxy) is 2. The number of rotatable bonds is 11. The van der Waals surface area contributed by atoms with Crippen LogP contribution in [0.4, 0.5) is 5.13 Å². The highest BCUT2D eigenvalue weighted by atomic mass is 35.5. The average molecular weight is 496 g/mol. The molecule has 0 N–H and O–H groups in total. The van der Waals surface area contributed by atoms with Crippen molar-refractivity contribution in [2.75, 3.05) is 52.1 Å². The summed E-state index contributed by atoms with van der Waals surface area (Å²) in [6.45, 7) is 1.40. The number of amides is 1. The summed E-state index contributed by atoms with van der Waals surface area (Å²) < 4.78 is 11.5. The maximum absolute atomic E-state index is 13.1. The number of carbonyl (C=O) groups excluding carboxylic acids is 1. The maximum atomic E-state index is 13.1. The van der Waals surface area contributed by atoms with Crippen molar-refractivity contribution in [2.45, 2.75) is 17.7 Å². The third-order valence-corrected chi connectivity index (χ3v) is 6.89. The van der Waals surface area contributed by atoms with E-state index in [9.17, 15) is 4.79 Å². The third kappa shape index (κ3) is 7.27. The Morgan fingerprint density at radius 3 is 2.38 bits per heavy atom. The predicted octanol–water partition coefficient (Wildman–Crippen LogP) is 5.20. The normalized spacial score (nSPS) is 10.8. The van der Waals surface area contributed by atoms with Crippen LogP contribution in [0, 0.1) is 0 Å². The van der Waals surface area contributed by atoms with Crippen molar-refractivity contribution in [3.05, 3.63) is 42.5 Å². The number of hydrogen-bond donors (Lipinski definition) is 0. The Morgan fingerprint density at radius 1 is 1.03 bits per heavy atom. The highest BCUT2D eigenvalue weighted by molar-refractivity contribution is 7.99. The molecule has 0 aliphatic carbocycles. The minimum atomic E-state index is 0. The Morgan fingerprint density at radius 2 is 1.72 bits per heavy atom. The summed E-state index contributed by atoms with van der Waals surface area (Å²) in [5.74, 6) is 2.65. The summed E-state index contributed by atoms with van der Waals surface area (Å²) in [6, 6.07) is 13.8. The van der Waals surface area contributed by atoms with Crippen LogP contribution < -0.4 is 14.4 Å². The minimum Gasteiger partial charge on any atom is -0.497 e. The van der Waals surface area contributed by atoms with Gasteiger partial charge in [0.05, 0.1) is 24.4 Å². The quantitative estimate of drug-likeness (QED) is 0.269. The van der Waals surface area contributed by atoms with Gasteiger partial charge in [0.15, 0.2) is 5.13 Å². The molecule has 0 unspecified atom stereocenters. The standard InChI is InChI=1S/C23H29N3O3S2.ClH/c1-25(2)13-14-26(23-24-20-12-9-18(29-4)16-21(20)31-23)22(27)6-5-15-30-19-10-7-17(28-3)8-11-19;/h7-12,16H,5-6,13-15H2,1-4H3;1H. The van der Waals surface area contributed by atoms with Gasteiger partial charge in [0.2, 0.25) is 5.91 Å². The van der Waals surface area contributed by atoms with E-state index in [1.165, 1.54) is 16.2 Å². The van der Waals surface area contributed by atoms with E-state index < -0.39 is 0 Å². The van der Waals surface area contributed by atoms with E-state index in [4.69, 9.17) is 14.5 Å². The fourth-order valence-electron chi connectivity index (χ4n) is 2.98. The zero-order valence-corrected chi connectivity index (χ0v) is 21.3. The van der Waals surface area contributed by atoms with E-state index in [0.29, 0.717) is 13.0 Å². The molecule has 6 nitrogen and oxygen atoms in total. The molecule has 32 heavy (non-hydrogen) atoms. The van der Waals surface area contributed by atoms with Crippen molar-refractivity contribution in [1.29, 1.82) is 0 Å². The molecular weight excluding hydrogens is 466 g/mol. The fraction of sp³-hybridized carbons (Fsp3) is 0.391. The molecule has 1 heterocycles. The van der Waals surface area contributed by atoms with Gasteiger partial charge in [0.1, 0.15) is 11.5 Å². The van der Waals surface area contributed by atoms with Gasteiger partial charge >= 0.3 is 0 Å². The number of likely N-dealkylation sites (N-methyl/N-ethyl adjacent to an activating group) is 1. The Kier molecular flexibility index (Phi) is 10.6. The maximum Gasteiger partial charge on any atom is 0.228 e. The zero-order chi connectivity index (χ0) is 22.2. The number of methoxy groups -OCH3 is 2. The molecule has 0 aliphatic rings. The summed E-state index contributed by atoms with van der Waals surface area (Å²) in [7, 11) is 7.34. The van der Waals surface area contributed by atoms with Crippen molar-refractivity contribution >= 4 is 56.8 Å². The second-order valence-electron chi connectivity index (χ2n) is 7.31. The average Bonchev–Trinajstić information content (AvgIpc) is 3.19. The van der Waals surface area contributed by atoms with Gasteiger partial charge in [-0.15, -0.1) is 24.2 Å². The molecule has 1 amide bonds. The monoisotopic (exact) mass is 495 g/mol. The number of carbonyl (C=O) groups is 1. The molecule has 0 atom stereocenters. The molecule has 1 aromatic heterocycles. The van der Waals surface area contributed by atoms with Crippen LogP contribution in [0.15, 0.2) is 47.4 Å². The number of fused-ring (bicyclic) bond motifs is 1. The van der Waals surface area contributed by atoms with Gasteiger partial charge in [-0.1, -0.05) is 11.3 Å². The van der Waals surface area contributed by atoms with E-state index in [1.807, 2.05) is 61.5 Å². The van der Waals surface area contributed by atoms with E-state index >= 15 is 0 Å². The van der Waals surface area contributed by atoms with Gasteiger partial charge in [-0.2, -0.15) is 0 Å². The molecule has 0 aliphatic heterocycles. The summed E-state index contributed by atoms with van der Waals surface area (Å²) in [5.41, 5.74) is 0.888. The molecule has 0 spiro atoms. The summed E-state index contributed by atoms with van der Waals surface area (Å²) in [4.78, 5) is 22.9. The van der Waals surface area contributed by atoms with Gasteiger partial charge in [-0.25, -0.2) is 4.98 Å². The smallest absolute Gasteiger partial charge is 0.228 e. The first-order chi connectivity index (χ1) is 15.0. The Balaban J connectivity index is 0.00000363. The molecule has 3 aromatic rings. The van der Waals surface area contributed by atoms with Gasteiger partial charge < -0.3 is 14.4 Å². The lowest BCUT2D eigenvalue weighted by Crippen LogP contribution is -2.36. The fourth-order valence-corrected chi connectivity index (χ4v) is 4.87. The molecule has 0 radical (unpaired) electrons. The lowest BCUT2D eigenvalue weighted by molar-refractivity contribution is -0.118. The van der Waals surface area contributed by atoms with Crippen molar-refractivity contribution in [2.24, 2.45) is 0 Å². The van der Waals surface area contributed by atoms with Gasteiger partial charge in [-0.3, -0.25) is 9.69 Å². The number of hydrogen-bond acceptors (Lipinski definition) is 7. The molecule has 9 heteroatoms. The predicted molar refractivity (Wildman–Crippen MR) is 137 cm³/mol. The molecule has 0 saturated carbocycles. The molecule has 2 aromatic carbocycles. The molecule has 3 rings (SSSR count). The molecule has 174 valence electrons. The second-order valence-corrected chi connectivity index (χ2v) is 9.48. The van der Waals surface area contributed by atoms with Crippen LogP contribution in [0.5, 0.6) is 11.5 Å². The van der Waals surface area contributed by atoms with Crippen molar-refractivity contribution in [3.8, 4) is 11.5 Å². The topological polar surface area (TPSA) is 54.9 Å². The Labute approximate surface area is 204 Å². The van der Waals surface area contributed by atoms with E-state index in [2.05, 4.69) is 4.90 Å². The molecular formula is C23H30ClN3O3S2. The van der Waals surface area contributed by atoms with E-state index in [0.717, 1.165) is 45.6 Å². The summed E-state index contributed by atoms with van der Waals surface area (Å²) >= 11 is 3.29. The SMILES string of the molecule is COc1ccc(SCCCC(=O)N(CCN(C)C)c2nc3ccc(OC)cc3s2)cc1.Cl. The Bertz CT molecular complexity index is 996. The first kappa shape index (κ1) is 26.3. The van der Waals surface area contributed by atoms with Gasteiger partial charge in [0.25, 0.3) is 0 Å². The number of nitrogens with zero attached hydrogens (tertiary/aromatic N) is 3. The number of halogens is 1. The van der Waals surface area contributed by atoms with Crippen molar-refractivity contribution in [1.82, 2.24) is 9.88 Å². The van der Waals surface area contributed by atoms with Crippen LogP contribution in [-0.2, 0) is 4.79 Å². The molecule has 0 bridgehead atoms. The first-order valence-corrected chi connectivity index (χ1v) is 12.0. The van der Waals surface area contributed by atoms with Crippen LogP contribution in [0.3, 0.4) is 0 Å². The summed E-state index contributed by atoms with van der Waals surface area (Å²) in [6.07, 6.45) is 1.31. The van der Waals surface area contributed by atoms with Crippen LogP contribution >= 0.6 is 35.5 Å². The highest BCUT2D eigenvalue weighted by Crippen LogP contribution is 2.32. The second kappa shape index (κ2) is 12.9. The minimum absolute atomic E-state index is 0. The van der Waals surface area contributed by atoms with E-state index in [1.54, 1.807) is 26.0 Å². The van der Waals surface area contributed by atoms with Crippen molar-refractivity contribution in [3.63, 3.8) is 0 Å². The third-order valence-electron chi connectivity index (χ3n) is 4.75. The summed E-state index contributed by atoms with van der Waals surface area (Å²) in [5, 5.41) is 0.748. The lowest BCUT2D eigenvalue weighted by atomic mass is 10.3. The lowest BCUT2D eigenvalue weighted by Gasteiger charge is -2.22. The van der Waals surface area contributed by atoms with Crippen LogP contribution in [0.2, 0.25) is 0 Å². The van der Waals surface area contributed by atoms with E-state index in [-0.39, 0.29) is 18.3 Å². The van der Waals surface area contributed by atoms with Crippen LogP contribution in [0.1, 0.15) is 12.8 Å². The highest BCUT2D eigenvalue weighted by Gasteiger charge is 2.20. The number of thioether (sulfide) groups is 1. The molecule has 0 fully saturated rings. The first-order valence-electron chi connectivity index (χ1n) is 10.2. The van der Waals surface area contributed by atoms with Crippen LogP contribution in [-0.4, -0.2) is 62.9 Å².